The molecule has 0 spiro atoms. The summed E-state index contributed by atoms with van der Waals surface area (Å²) in [5.41, 5.74) is 0.577. The summed E-state index contributed by atoms with van der Waals surface area (Å²) < 4.78 is 22.2. The van der Waals surface area contributed by atoms with Gasteiger partial charge in [0.2, 0.25) is 0 Å². The molecule has 20 heavy (non-hydrogen) atoms. The van der Waals surface area contributed by atoms with Crippen LogP contribution in [-0.2, 0) is 9.47 Å². The van der Waals surface area contributed by atoms with E-state index in [-0.39, 0.29) is 0 Å². The van der Waals surface area contributed by atoms with Gasteiger partial charge in [-0.3, -0.25) is 4.79 Å². The second-order valence-electron chi connectivity index (χ2n) is 4.45. The highest BCUT2D eigenvalue weighted by Crippen LogP contribution is 2.28. The molecule has 110 valence electrons. The average Bonchev–Trinajstić information content (AvgIpc) is 2.49. The maximum absolute atomic E-state index is 10.8. The van der Waals surface area contributed by atoms with Gasteiger partial charge in [0, 0.05) is 31.6 Å². The highest BCUT2D eigenvalue weighted by Gasteiger charge is 2.07. The molecule has 1 aromatic carbocycles. The lowest BCUT2D eigenvalue weighted by atomic mass is 10.2. The topological polar surface area (TPSA) is 54.0 Å². The van der Waals surface area contributed by atoms with Crippen LogP contribution in [0.15, 0.2) is 18.2 Å². The van der Waals surface area contributed by atoms with Crippen molar-refractivity contribution < 1.29 is 23.7 Å². The fourth-order valence-electron chi connectivity index (χ4n) is 1.84. The van der Waals surface area contributed by atoms with E-state index in [0.717, 1.165) is 19.1 Å². The minimum atomic E-state index is 0.527. The fourth-order valence-corrected chi connectivity index (χ4v) is 1.84. The first-order valence-corrected chi connectivity index (χ1v) is 6.90. The largest absolute Gasteiger partial charge is 0.490 e. The van der Waals surface area contributed by atoms with Gasteiger partial charge in [-0.1, -0.05) is 0 Å². The van der Waals surface area contributed by atoms with Crippen molar-refractivity contribution in [3.8, 4) is 11.5 Å². The second kappa shape index (κ2) is 8.55. The van der Waals surface area contributed by atoms with E-state index < -0.39 is 0 Å². The number of fused-ring (bicyclic) bond motifs is 1. The SMILES string of the molecule is O=Cc1ccc2c(c1)OCCCOCCOCCCO2. The molecule has 1 aromatic rings. The zero-order valence-corrected chi connectivity index (χ0v) is 11.5. The third kappa shape index (κ3) is 4.83. The lowest BCUT2D eigenvalue weighted by molar-refractivity contribution is 0.0380. The minimum absolute atomic E-state index is 0.527. The summed E-state index contributed by atoms with van der Waals surface area (Å²) >= 11 is 0. The summed E-state index contributed by atoms with van der Waals surface area (Å²) in [4.78, 5) is 10.8. The summed E-state index contributed by atoms with van der Waals surface area (Å²) in [6, 6.07) is 5.19. The van der Waals surface area contributed by atoms with Crippen molar-refractivity contribution in [3.63, 3.8) is 0 Å². The normalized spacial score (nSPS) is 18.0. The first kappa shape index (κ1) is 14.8. The number of carbonyl (C=O) groups excluding carboxylic acids is 1. The van der Waals surface area contributed by atoms with Crippen LogP contribution in [0.5, 0.6) is 11.5 Å². The van der Waals surface area contributed by atoms with Crippen LogP contribution in [-0.4, -0.2) is 45.9 Å². The molecule has 5 heteroatoms. The number of ether oxygens (including phenoxy) is 4. The second-order valence-corrected chi connectivity index (χ2v) is 4.45. The molecule has 5 nitrogen and oxygen atoms in total. The van der Waals surface area contributed by atoms with Gasteiger partial charge in [0.15, 0.2) is 11.5 Å². The van der Waals surface area contributed by atoms with Crippen molar-refractivity contribution in [1.29, 1.82) is 0 Å². The van der Waals surface area contributed by atoms with Crippen LogP contribution in [0.1, 0.15) is 23.2 Å². The summed E-state index contributed by atoms with van der Waals surface area (Å²) in [5.74, 6) is 1.26. The van der Waals surface area contributed by atoms with Crippen molar-refractivity contribution >= 4 is 6.29 Å². The molecule has 2 rings (SSSR count). The molecule has 0 unspecified atom stereocenters. The highest BCUT2D eigenvalue weighted by atomic mass is 16.5. The zero-order chi connectivity index (χ0) is 14.0. The van der Waals surface area contributed by atoms with E-state index in [1.165, 1.54) is 0 Å². The van der Waals surface area contributed by atoms with E-state index >= 15 is 0 Å². The molecule has 0 amide bonds. The zero-order valence-electron chi connectivity index (χ0n) is 11.5. The molecule has 0 N–H and O–H groups in total. The molecule has 0 bridgehead atoms. The number of carbonyl (C=O) groups is 1. The standard InChI is InChI=1S/C15H20O5/c16-12-13-3-4-14-15(11-13)20-8-2-6-18-10-9-17-5-1-7-19-14/h3-4,11-12H,1-2,5-10H2. The Bertz CT molecular complexity index is 419. The van der Waals surface area contributed by atoms with E-state index in [4.69, 9.17) is 18.9 Å². The molecule has 1 aliphatic rings. The van der Waals surface area contributed by atoms with E-state index in [2.05, 4.69) is 0 Å². The van der Waals surface area contributed by atoms with Crippen LogP contribution in [0.2, 0.25) is 0 Å². The van der Waals surface area contributed by atoms with Gasteiger partial charge in [-0.15, -0.1) is 0 Å². The summed E-state index contributed by atoms with van der Waals surface area (Å²) in [7, 11) is 0. The molecule has 0 radical (unpaired) electrons. The summed E-state index contributed by atoms with van der Waals surface area (Å²) in [6.07, 6.45) is 2.38. The van der Waals surface area contributed by atoms with Gasteiger partial charge in [0.05, 0.1) is 26.4 Å². The van der Waals surface area contributed by atoms with Gasteiger partial charge in [-0.2, -0.15) is 0 Å². The smallest absolute Gasteiger partial charge is 0.161 e. The van der Waals surface area contributed by atoms with Gasteiger partial charge >= 0.3 is 0 Å². The Hall–Kier alpha value is -1.59. The van der Waals surface area contributed by atoms with E-state index in [0.29, 0.717) is 56.7 Å². The van der Waals surface area contributed by atoms with Crippen molar-refractivity contribution in [2.24, 2.45) is 0 Å². The first-order valence-electron chi connectivity index (χ1n) is 6.90. The molecule has 0 saturated carbocycles. The van der Waals surface area contributed by atoms with Crippen molar-refractivity contribution in [2.45, 2.75) is 12.8 Å². The average molecular weight is 280 g/mol. The quantitative estimate of drug-likeness (QED) is 0.737. The fraction of sp³-hybridized carbons (Fsp3) is 0.533. The number of hydrogen-bond acceptors (Lipinski definition) is 5. The molecular weight excluding hydrogens is 260 g/mol. The predicted octanol–water partition coefficient (Wildman–Crippen LogP) is 2.08. The maximum atomic E-state index is 10.8. The van der Waals surface area contributed by atoms with Crippen LogP contribution in [0.3, 0.4) is 0 Å². The Labute approximate surface area is 118 Å². The van der Waals surface area contributed by atoms with Gasteiger partial charge in [0.25, 0.3) is 0 Å². The van der Waals surface area contributed by atoms with E-state index in [1.54, 1.807) is 18.2 Å². The molecular formula is C15H20O5. The van der Waals surface area contributed by atoms with Crippen molar-refractivity contribution in [1.82, 2.24) is 0 Å². The molecule has 0 aliphatic carbocycles. The van der Waals surface area contributed by atoms with Crippen LogP contribution >= 0.6 is 0 Å². The molecule has 0 atom stereocenters. The highest BCUT2D eigenvalue weighted by molar-refractivity contribution is 5.76. The Balaban J connectivity index is 2.01. The van der Waals surface area contributed by atoms with Crippen LogP contribution in [0.25, 0.3) is 0 Å². The number of rotatable bonds is 1. The maximum Gasteiger partial charge on any atom is 0.161 e. The van der Waals surface area contributed by atoms with Crippen LogP contribution in [0.4, 0.5) is 0 Å². The molecule has 0 aromatic heterocycles. The Morgan fingerprint density at radius 2 is 1.45 bits per heavy atom. The lowest BCUT2D eigenvalue weighted by Gasteiger charge is -2.14. The van der Waals surface area contributed by atoms with E-state index in [1.807, 2.05) is 0 Å². The van der Waals surface area contributed by atoms with Crippen molar-refractivity contribution in [2.75, 3.05) is 39.6 Å². The van der Waals surface area contributed by atoms with Crippen LogP contribution in [0, 0.1) is 0 Å². The minimum Gasteiger partial charge on any atom is -0.490 e. The number of benzene rings is 1. The molecule has 0 saturated heterocycles. The third-order valence-electron chi connectivity index (χ3n) is 2.86. The number of hydrogen-bond donors (Lipinski definition) is 0. The van der Waals surface area contributed by atoms with Gasteiger partial charge in [0.1, 0.15) is 6.29 Å². The summed E-state index contributed by atoms with van der Waals surface area (Å²) in [5, 5.41) is 0. The Morgan fingerprint density at radius 3 is 2.10 bits per heavy atom. The molecule has 1 aliphatic heterocycles. The van der Waals surface area contributed by atoms with Gasteiger partial charge in [-0.05, 0) is 18.2 Å². The third-order valence-corrected chi connectivity index (χ3v) is 2.86. The van der Waals surface area contributed by atoms with Crippen molar-refractivity contribution in [3.05, 3.63) is 23.8 Å². The monoisotopic (exact) mass is 280 g/mol. The summed E-state index contributed by atoms with van der Waals surface area (Å²) in [6.45, 7) is 3.57. The van der Waals surface area contributed by atoms with Gasteiger partial charge < -0.3 is 18.9 Å². The number of aldehydes is 1. The molecule has 0 fully saturated rings. The first-order chi connectivity index (χ1) is 9.90. The van der Waals surface area contributed by atoms with E-state index in [9.17, 15) is 4.79 Å². The van der Waals surface area contributed by atoms with Gasteiger partial charge in [-0.25, -0.2) is 0 Å². The predicted molar refractivity (Wildman–Crippen MR) is 73.7 cm³/mol. The molecule has 1 heterocycles. The van der Waals surface area contributed by atoms with Crippen LogP contribution < -0.4 is 9.47 Å². The Kier molecular flexibility index (Phi) is 6.34. The Morgan fingerprint density at radius 1 is 0.800 bits per heavy atom. The lowest BCUT2D eigenvalue weighted by Crippen LogP contribution is -2.11.